The molecule has 0 radical (unpaired) electrons. The van der Waals surface area contributed by atoms with Gasteiger partial charge in [-0.1, -0.05) is 0 Å². The predicted molar refractivity (Wildman–Crippen MR) is 79.3 cm³/mol. The van der Waals surface area contributed by atoms with Crippen LogP contribution in [0.4, 0.5) is 15.9 Å². The van der Waals surface area contributed by atoms with Crippen LogP contribution in [0.3, 0.4) is 0 Å². The zero-order valence-corrected chi connectivity index (χ0v) is 12.9. The molecule has 22 heavy (non-hydrogen) atoms. The number of aliphatic imine (C=N–C) groups is 1. The van der Waals surface area contributed by atoms with Crippen molar-refractivity contribution in [3.63, 3.8) is 0 Å². The molecule has 2 rings (SSSR count). The fourth-order valence-electron chi connectivity index (χ4n) is 1.48. The molecule has 0 aliphatic carbocycles. The molecule has 0 spiro atoms. The van der Waals surface area contributed by atoms with E-state index in [0.29, 0.717) is 5.69 Å². The van der Waals surface area contributed by atoms with Crippen molar-refractivity contribution in [2.24, 2.45) is 10.7 Å². The standard InChI is InChI=1S/C12H11BrFN5O3/c1-21-5-9(20)17-12-10(18-22-19-12)11(15)16-6-2-3-8(14)7(13)4-6/h2-4H,5H2,1H3,(H2,15,16)(H,17,19,20). The summed E-state index contributed by atoms with van der Waals surface area (Å²) in [7, 11) is 1.38. The number of halogens is 2. The summed E-state index contributed by atoms with van der Waals surface area (Å²) in [6.45, 7) is -0.158. The molecule has 0 fully saturated rings. The van der Waals surface area contributed by atoms with Gasteiger partial charge in [0, 0.05) is 7.11 Å². The zero-order chi connectivity index (χ0) is 16.1. The van der Waals surface area contributed by atoms with E-state index in [1.165, 1.54) is 25.3 Å². The van der Waals surface area contributed by atoms with Crippen molar-refractivity contribution < 1.29 is 18.6 Å². The largest absolute Gasteiger partial charge is 0.382 e. The Balaban J connectivity index is 2.24. The van der Waals surface area contributed by atoms with Gasteiger partial charge >= 0.3 is 0 Å². The number of rotatable bonds is 5. The Labute approximate surface area is 132 Å². The molecule has 0 saturated carbocycles. The van der Waals surface area contributed by atoms with E-state index in [9.17, 15) is 9.18 Å². The molecule has 0 bridgehead atoms. The number of anilines is 1. The average Bonchev–Trinajstić information content (AvgIpc) is 2.91. The second-order valence-electron chi connectivity index (χ2n) is 4.04. The Morgan fingerprint density at radius 2 is 2.32 bits per heavy atom. The third kappa shape index (κ3) is 3.86. The van der Waals surface area contributed by atoms with Crippen LogP contribution in [0.15, 0.2) is 32.3 Å². The van der Waals surface area contributed by atoms with Crippen LogP contribution in [0, 0.1) is 5.82 Å². The van der Waals surface area contributed by atoms with Gasteiger partial charge in [-0.3, -0.25) is 4.79 Å². The highest BCUT2D eigenvalue weighted by Gasteiger charge is 2.16. The minimum absolute atomic E-state index is 0.0180. The molecular weight excluding hydrogens is 361 g/mol. The summed E-state index contributed by atoms with van der Waals surface area (Å²) in [6.07, 6.45) is 0. The Hall–Kier alpha value is -2.33. The summed E-state index contributed by atoms with van der Waals surface area (Å²) in [6, 6.07) is 4.11. The smallest absolute Gasteiger partial charge is 0.251 e. The highest BCUT2D eigenvalue weighted by molar-refractivity contribution is 9.10. The number of carbonyl (C=O) groups is 1. The van der Waals surface area contributed by atoms with E-state index in [4.69, 9.17) is 5.73 Å². The maximum atomic E-state index is 13.2. The summed E-state index contributed by atoms with van der Waals surface area (Å²) in [5, 5.41) is 9.53. The van der Waals surface area contributed by atoms with Crippen LogP contribution in [0.2, 0.25) is 0 Å². The van der Waals surface area contributed by atoms with Crippen LogP contribution in [-0.2, 0) is 9.53 Å². The van der Waals surface area contributed by atoms with Crippen LogP contribution < -0.4 is 11.1 Å². The first-order valence-corrected chi connectivity index (χ1v) is 6.71. The summed E-state index contributed by atoms with van der Waals surface area (Å²) in [4.78, 5) is 15.5. The Morgan fingerprint density at radius 1 is 1.55 bits per heavy atom. The van der Waals surface area contributed by atoms with Gasteiger partial charge in [0.15, 0.2) is 11.5 Å². The molecule has 0 aliphatic heterocycles. The van der Waals surface area contributed by atoms with Crippen molar-refractivity contribution in [3.8, 4) is 0 Å². The second kappa shape index (κ2) is 7.09. The van der Waals surface area contributed by atoms with E-state index < -0.39 is 11.7 Å². The lowest BCUT2D eigenvalue weighted by Gasteiger charge is -2.02. The summed E-state index contributed by atoms with van der Waals surface area (Å²) < 4.78 is 22.6. The van der Waals surface area contributed by atoms with E-state index in [-0.39, 0.29) is 28.4 Å². The fraction of sp³-hybridized carbons (Fsp3) is 0.167. The quantitative estimate of drug-likeness (QED) is 0.608. The molecule has 1 aromatic carbocycles. The molecule has 1 heterocycles. The third-order valence-corrected chi connectivity index (χ3v) is 3.02. The SMILES string of the molecule is COCC(=O)Nc1nonc1C(N)=Nc1ccc(F)c(Br)c1. The molecule has 0 aliphatic rings. The number of aromatic nitrogens is 2. The summed E-state index contributed by atoms with van der Waals surface area (Å²) >= 11 is 3.05. The van der Waals surface area contributed by atoms with Gasteiger partial charge in [-0.15, -0.1) is 0 Å². The first-order valence-electron chi connectivity index (χ1n) is 5.92. The number of ether oxygens (including phenoxy) is 1. The number of nitrogens with zero attached hydrogens (tertiary/aromatic N) is 3. The summed E-state index contributed by atoms with van der Waals surface area (Å²) in [5.41, 5.74) is 6.26. The van der Waals surface area contributed by atoms with Crippen LogP contribution in [0.1, 0.15) is 5.69 Å². The monoisotopic (exact) mass is 371 g/mol. The highest BCUT2D eigenvalue weighted by atomic mass is 79.9. The minimum atomic E-state index is -0.447. The van der Waals surface area contributed by atoms with Crippen LogP contribution in [-0.4, -0.2) is 35.8 Å². The van der Waals surface area contributed by atoms with E-state index in [1.54, 1.807) is 0 Å². The number of carbonyl (C=O) groups excluding carboxylic acids is 1. The average molecular weight is 372 g/mol. The fourth-order valence-corrected chi connectivity index (χ4v) is 1.85. The van der Waals surface area contributed by atoms with Crippen LogP contribution in [0.25, 0.3) is 0 Å². The third-order valence-electron chi connectivity index (χ3n) is 2.42. The van der Waals surface area contributed by atoms with Gasteiger partial charge in [0.25, 0.3) is 5.91 Å². The first-order chi connectivity index (χ1) is 10.5. The molecule has 0 atom stereocenters. The lowest BCUT2D eigenvalue weighted by atomic mass is 10.3. The van der Waals surface area contributed by atoms with Crippen LogP contribution >= 0.6 is 15.9 Å². The van der Waals surface area contributed by atoms with Crippen molar-refractivity contribution in [3.05, 3.63) is 34.2 Å². The van der Waals surface area contributed by atoms with Gasteiger partial charge < -0.3 is 15.8 Å². The molecule has 2 aromatic rings. The number of amides is 1. The van der Waals surface area contributed by atoms with E-state index in [2.05, 4.69) is 45.9 Å². The van der Waals surface area contributed by atoms with Crippen molar-refractivity contribution in [2.45, 2.75) is 0 Å². The van der Waals surface area contributed by atoms with E-state index >= 15 is 0 Å². The van der Waals surface area contributed by atoms with E-state index in [1.807, 2.05) is 0 Å². The molecule has 3 N–H and O–H groups in total. The lowest BCUT2D eigenvalue weighted by molar-refractivity contribution is -0.119. The highest BCUT2D eigenvalue weighted by Crippen LogP contribution is 2.22. The second-order valence-corrected chi connectivity index (χ2v) is 4.89. The molecule has 10 heteroatoms. The normalized spacial score (nSPS) is 11.5. The number of nitrogens with one attached hydrogen (secondary N) is 1. The van der Waals surface area contributed by atoms with Crippen molar-refractivity contribution in [1.82, 2.24) is 10.3 Å². The number of nitrogens with two attached hydrogens (primary N) is 1. The molecule has 0 saturated heterocycles. The van der Waals surface area contributed by atoms with Gasteiger partial charge in [0.1, 0.15) is 12.4 Å². The van der Waals surface area contributed by atoms with Gasteiger partial charge in [-0.25, -0.2) is 14.0 Å². The number of methoxy groups -OCH3 is 1. The molecule has 1 aromatic heterocycles. The zero-order valence-electron chi connectivity index (χ0n) is 11.3. The van der Waals surface area contributed by atoms with Gasteiger partial charge in [-0.05, 0) is 44.4 Å². The predicted octanol–water partition coefficient (Wildman–Crippen LogP) is 1.59. The maximum Gasteiger partial charge on any atom is 0.251 e. The molecule has 116 valence electrons. The first kappa shape index (κ1) is 16.0. The lowest BCUT2D eigenvalue weighted by Crippen LogP contribution is -2.21. The van der Waals surface area contributed by atoms with Gasteiger partial charge in [-0.2, -0.15) is 0 Å². The molecule has 8 nitrogen and oxygen atoms in total. The topological polar surface area (TPSA) is 116 Å². The summed E-state index contributed by atoms with van der Waals surface area (Å²) in [5.74, 6) is -0.901. The van der Waals surface area contributed by atoms with E-state index in [0.717, 1.165) is 0 Å². The van der Waals surface area contributed by atoms with Gasteiger partial charge in [0.05, 0.1) is 10.2 Å². The minimum Gasteiger partial charge on any atom is -0.382 e. The molecule has 0 unspecified atom stereocenters. The molecule has 1 amide bonds. The number of hydrogen-bond donors (Lipinski definition) is 2. The van der Waals surface area contributed by atoms with Crippen molar-refractivity contribution in [1.29, 1.82) is 0 Å². The maximum absolute atomic E-state index is 13.2. The van der Waals surface area contributed by atoms with Crippen molar-refractivity contribution >= 4 is 39.2 Å². The number of benzene rings is 1. The number of amidine groups is 1. The number of hydrogen-bond acceptors (Lipinski definition) is 6. The Morgan fingerprint density at radius 3 is 3.00 bits per heavy atom. The molecular formula is C12H11BrFN5O3. The Bertz CT molecular complexity index is 719. The Kier molecular flexibility index (Phi) is 5.17. The van der Waals surface area contributed by atoms with Crippen LogP contribution in [0.5, 0.6) is 0 Å². The van der Waals surface area contributed by atoms with Crippen molar-refractivity contribution in [2.75, 3.05) is 19.0 Å². The van der Waals surface area contributed by atoms with Gasteiger partial charge in [0.2, 0.25) is 5.82 Å².